The summed E-state index contributed by atoms with van der Waals surface area (Å²) < 4.78 is 11.0. The van der Waals surface area contributed by atoms with E-state index in [0.29, 0.717) is 18.6 Å². The molecule has 0 aliphatic carbocycles. The van der Waals surface area contributed by atoms with Crippen LogP contribution in [0.4, 0.5) is 0 Å². The summed E-state index contributed by atoms with van der Waals surface area (Å²) in [7, 11) is 1.80. The number of ether oxygens (including phenoxy) is 1. The summed E-state index contributed by atoms with van der Waals surface area (Å²) in [6.45, 7) is 5.74. The molecule has 0 bridgehead atoms. The molecule has 1 saturated heterocycles. The van der Waals surface area contributed by atoms with Crippen LogP contribution in [0.15, 0.2) is 16.7 Å². The third kappa shape index (κ3) is 3.09. The molecule has 4 nitrogen and oxygen atoms in total. The summed E-state index contributed by atoms with van der Waals surface area (Å²) in [4.78, 5) is 2.38. The molecular weight excluding hydrogens is 216 g/mol. The van der Waals surface area contributed by atoms with Crippen molar-refractivity contribution in [3.8, 4) is 0 Å². The van der Waals surface area contributed by atoms with E-state index in [0.717, 1.165) is 31.0 Å². The minimum atomic E-state index is 0.340. The molecule has 2 N–H and O–H groups in total. The van der Waals surface area contributed by atoms with Gasteiger partial charge in [0.25, 0.3) is 0 Å². The van der Waals surface area contributed by atoms with Crippen molar-refractivity contribution in [3.05, 3.63) is 23.7 Å². The van der Waals surface area contributed by atoms with Gasteiger partial charge in [0.05, 0.1) is 18.9 Å². The molecule has 4 heteroatoms. The van der Waals surface area contributed by atoms with Crippen LogP contribution in [0.25, 0.3) is 0 Å². The molecule has 1 aliphatic heterocycles. The smallest absolute Gasteiger partial charge is 0.118 e. The molecule has 17 heavy (non-hydrogen) atoms. The first-order valence-corrected chi connectivity index (χ1v) is 6.24. The van der Waals surface area contributed by atoms with Crippen molar-refractivity contribution >= 4 is 0 Å². The Bertz CT molecular complexity index is 351. The number of nitrogens with two attached hydrogens (primary N) is 1. The van der Waals surface area contributed by atoms with E-state index in [1.54, 1.807) is 13.4 Å². The maximum absolute atomic E-state index is 5.56. The number of hydrogen-bond donors (Lipinski definition) is 1. The molecule has 2 heterocycles. The van der Waals surface area contributed by atoms with Crippen molar-refractivity contribution in [2.75, 3.05) is 20.2 Å². The normalized spacial score (nSPS) is 26.3. The third-order valence-electron chi connectivity index (χ3n) is 3.60. The Morgan fingerprint density at radius 3 is 3.06 bits per heavy atom. The monoisotopic (exact) mass is 238 g/mol. The summed E-state index contributed by atoms with van der Waals surface area (Å²) in [6.07, 6.45) is 3.27. The van der Waals surface area contributed by atoms with Gasteiger partial charge in [0.1, 0.15) is 5.76 Å². The minimum absolute atomic E-state index is 0.340. The van der Waals surface area contributed by atoms with Crippen LogP contribution in [-0.4, -0.2) is 31.2 Å². The van der Waals surface area contributed by atoms with E-state index in [1.807, 2.05) is 6.07 Å². The summed E-state index contributed by atoms with van der Waals surface area (Å²) >= 11 is 0. The molecule has 0 aromatic carbocycles. The van der Waals surface area contributed by atoms with E-state index in [1.165, 1.54) is 6.42 Å². The summed E-state index contributed by atoms with van der Waals surface area (Å²) in [5, 5.41) is 0. The van der Waals surface area contributed by atoms with Gasteiger partial charge in [-0.1, -0.05) is 6.92 Å². The number of rotatable bonds is 4. The summed E-state index contributed by atoms with van der Waals surface area (Å²) in [6, 6.07) is 2.04. The quantitative estimate of drug-likeness (QED) is 0.865. The zero-order valence-corrected chi connectivity index (χ0v) is 10.7. The molecule has 96 valence electrons. The molecular formula is C13H22N2O2. The standard InChI is InChI=1S/C13H22N2O2/c1-10-3-4-15(8-13(10)16-2)7-12-5-11(6-14)9-17-12/h5,9-10,13H,3-4,6-8,14H2,1-2H3. The van der Waals surface area contributed by atoms with Gasteiger partial charge in [-0.2, -0.15) is 0 Å². The second-order valence-corrected chi connectivity index (χ2v) is 4.90. The number of furan rings is 1. The Morgan fingerprint density at radius 1 is 1.59 bits per heavy atom. The van der Waals surface area contributed by atoms with E-state index in [4.69, 9.17) is 14.9 Å². The van der Waals surface area contributed by atoms with Crippen molar-refractivity contribution in [3.63, 3.8) is 0 Å². The van der Waals surface area contributed by atoms with Crippen molar-refractivity contribution < 1.29 is 9.15 Å². The molecule has 2 atom stereocenters. The SMILES string of the molecule is COC1CN(Cc2cc(CN)co2)CCC1C. The van der Waals surface area contributed by atoms with Gasteiger partial charge in [-0.3, -0.25) is 4.90 Å². The minimum Gasteiger partial charge on any atom is -0.468 e. The fraction of sp³-hybridized carbons (Fsp3) is 0.692. The van der Waals surface area contributed by atoms with Crippen LogP contribution in [0.1, 0.15) is 24.7 Å². The Kier molecular flexibility index (Phi) is 4.20. The third-order valence-corrected chi connectivity index (χ3v) is 3.60. The summed E-state index contributed by atoms with van der Waals surface area (Å²) in [5.41, 5.74) is 6.63. The predicted octanol–water partition coefficient (Wildman–Crippen LogP) is 1.60. The van der Waals surface area contributed by atoms with Crippen LogP contribution < -0.4 is 5.73 Å². The van der Waals surface area contributed by atoms with E-state index in [-0.39, 0.29) is 0 Å². The highest BCUT2D eigenvalue weighted by atomic mass is 16.5. The van der Waals surface area contributed by atoms with E-state index < -0.39 is 0 Å². The Labute approximate surface area is 103 Å². The molecule has 0 spiro atoms. The molecule has 1 aliphatic rings. The average Bonchev–Trinajstić information content (AvgIpc) is 2.79. The topological polar surface area (TPSA) is 51.6 Å². The van der Waals surface area contributed by atoms with Crippen LogP contribution in [0, 0.1) is 5.92 Å². The number of nitrogens with zero attached hydrogens (tertiary/aromatic N) is 1. The maximum Gasteiger partial charge on any atom is 0.118 e. The lowest BCUT2D eigenvalue weighted by molar-refractivity contribution is -0.00916. The highest BCUT2D eigenvalue weighted by Crippen LogP contribution is 2.21. The van der Waals surface area contributed by atoms with Gasteiger partial charge >= 0.3 is 0 Å². The first kappa shape index (κ1) is 12.6. The number of hydrogen-bond acceptors (Lipinski definition) is 4. The fourth-order valence-electron chi connectivity index (χ4n) is 2.38. The molecule has 1 aromatic rings. The molecule has 1 fully saturated rings. The Hall–Kier alpha value is -0.840. The fourth-order valence-corrected chi connectivity index (χ4v) is 2.38. The van der Waals surface area contributed by atoms with Gasteiger partial charge < -0.3 is 14.9 Å². The van der Waals surface area contributed by atoms with Crippen LogP contribution in [-0.2, 0) is 17.8 Å². The number of likely N-dealkylation sites (tertiary alicyclic amines) is 1. The van der Waals surface area contributed by atoms with Crippen molar-refractivity contribution in [2.45, 2.75) is 32.5 Å². The molecule has 2 unspecified atom stereocenters. The Morgan fingerprint density at radius 2 is 2.41 bits per heavy atom. The van der Waals surface area contributed by atoms with E-state index >= 15 is 0 Å². The van der Waals surface area contributed by atoms with E-state index in [9.17, 15) is 0 Å². The maximum atomic E-state index is 5.56. The summed E-state index contributed by atoms with van der Waals surface area (Å²) in [5.74, 6) is 1.64. The molecule has 2 rings (SSSR count). The molecule has 1 aromatic heterocycles. The lowest BCUT2D eigenvalue weighted by Crippen LogP contribution is -2.43. The lowest BCUT2D eigenvalue weighted by Gasteiger charge is -2.35. The van der Waals surface area contributed by atoms with Crippen molar-refractivity contribution in [2.24, 2.45) is 11.7 Å². The van der Waals surface area contributed by atoms with Crippen LogP contribution in [0.2, 0.25) is 0 Å². The predicted molar refractivity (Wildman–Crippen MR) is 66.5 cm³/mol. The largest absolute Gasteiger partial charge is 0.468 e. The van der Waals surface area contributed by atoms with Crippen molar-refractivity contribution in [1.29, 1.82) is 0 Å². The highest BCUT2D eigenvalue weighted by molar-refractivity contribution is 5.12. The van der Waals surface area contributed by atoms with Crippen molar-refractivity contribution in [1.82, 2.24) is 4.90 Å². The van der Waals surface area contributed by atoms with Crippen LogP contribution >= 0.6 is 0 Å². The number of piperidine rings is 1. The first-order chi connectivity index (χ1) is 8.22. The second-order valence-electron chi connectivity index (χ2n) is 4.90. The molecule has 0 amide bonds. The zero-order chi connectivity index (χ0) is 12.3. The van der Waals surface area contributed by atoms with Gasteiger partial charge in [-0.15, -0.1) is 0 Å². The van der Waals surface area contributed by atoms with Gasteiger partial charge in [-0.05, 0) is 24.9 Å². The lowest BCUT2D eigenvalue weighted by atomic mass is 9.96. The van der Waals surface area contributed by atoms with Gasteiger partial charge in [0.2, 0.25) is 0 Å². The highest BCUT2D eigenvalue weighted by Gasteiger charge is 2.26. The van der Waals surface area contributed by atoms with Crippen LogP contribution in [0.5, 0.6) is 0 Å². The molecule has 0 saturated carbocycles. The Balaban J connectivity index is 1.90. The first-order valence-electron chi connectivity index (χ1n) is 6.24. The number of methoxy groups -OCH3 is 1. The zero-order valence-electron chi connectivity index (χ0n) is 10.7. The van der Waals surface area contributed by atoms with Gasteiger partial charge in [0, 0.05) is 25.8 Å². The van der Waals surface area contributed by atoms with Crippen LogP contribution in [0.3, 0.4) is 0 Å². The molecule has 0 radical (unpaired) electrons. The van der Waals surface area contributed by atoms with Gasteiger partial charge in [-0.25, -0.2) is 0 Å². The van der Waals surface area contributed by atoms with E-state index in [2.05, 4.69) is 11.8 Å². The average molecular weight is 238 g/mol. The second kappa shape index (κ2) is 5.67. The van der Waals surface area contributed by atoms with Gasteiger partial charge in [0.15, 0.2) is 0 Å².